The molecule has 180 valence electrons. The van der Waals surface area contributed by atoms with Gasteiger partial charge in [0, 0.05) is 25.4 Å². The number of anilines is 1. The number of hydrogen-bond acceptors (Lipinski definition) is 7. The van der Waals surface area contributed by atoms with E-state index in [0.29, 0.717) is 19.1 Å². The lowest BCUT2D eigenvalue weighted by Crippen LogP contribution is -2.39. The Morgan fingerprint density at radius 3 is 2.56 bits per heavy atom. The summed E-state index contributed by atoms with van der Waals surface area (Å²) in [4.78, 5) is 37.8. The zero-order valence-corrected chi connectivity index (χ0v) is 17.9. The third-order valence-electron chi connectivity index (χ3n) is 5.39. The van der Waals surface area contributed by atoms with E-state index in [9.17, 15) is 27.9 Å². The maximum atomic E-state index is 12.7. The largest absolute Gasteiger partial charge is 0.511 e. The summed E-state index contributed by atoms with van der Waals surface area (Å²) in [5.41, 5.74) is 2.37. The van der Waals surface area contributed by atoms with Crippen molar-refractivity contribution in [1.29, 1.82) is 0 Å². The first-order valence-corrected chi connectivity index (χ1v) is 10.6. The minimum absolute atomic E-state index is 0.176. The average Bonchev–Trinajstić information content (AvgIpc) is 3.61. The van der Waals surface area contributed by atoms with Crippen molar-refractivity contribution in [3.63, 3.8) is 0 Å². The van der Waals surface area contributed by atoms with E-state index in [0.717, 1.165) is 23.9 Å². The lowest BCUT2D eigenvalue weighted by atomic mass is 9.97. The molecule has 2 amide bonds. The van der Waals surface area contributed by atoms with Gasteiger partial charge in [-0.2, -0.15) is 18.7 Å². The first-order chi connectivity index (χ1) is 16.2. The van der Waals surface area contributed by atoms with Gasteiger partial charge in [-0.3, -0.25) is 14.6 Å². The Bertz CT molecular complexity index is 1080. The molecule has 0 radical (unpaired) electrons. The van der Waals surface area contributed by atoms with Crippen molar-refractivity contribution in [2.24, 2.45) is 5.92 Å². The second-order valence-electron chi connectivity index (χ2n) is 8.11. The van der Waals surface area contributed by atoms with Crippen molar-refractivity contribution in [3.8, 4) is 0 Å². The van der Waals surface area contributed by atoms with Crippen molar-refractivity contribution in [2.45, 2.75) is 38.0 Å². The van der Waals surface area contributed by atoms with Gasteiger partial charge < -0.3 is 20.6 Å². The Hall–Kier alpha value is -3.51. The highest BCUT2D eigenvalue weighted by Gasteiger charge is 2.35. The highest BCUT2D eigenvalue weighted by atomic mass is 19.4. The van der Waals surface area contributed by atoms with Gasteiger partial charge in [0.1, 0.15) is 22.8 Å². The zero-order valence-electron chi connectivity index (χ0n) is 17.9. The van der Waals surface area contributed by atoms with Gasteiger partial charge >= 0.3 is 6.18 Å². The molecule has 0 spiro atoms. The summed E-state index contributed by atoms with van der Waals surface area (Å²) in [5.74, 6) is -1.40. The number of aliphatic hydroxyl groups excluding tert-OH is 1. The Morgan fingerprint density at radius 1 is 1.18 bits per heavy atom. The highest BCUT2D eigenvalue weighted by molar-refractivity contribution is 6.23. The minimum Gasteiger partial charge on any atom is -0.511 e. The van der Waals surface area contributed by atoms with Crippen LogP contribution in [0.5, 0.6) is 0 Å². The molecule has 1 saturated carbocycles. The lowest BCUT2D eigenvalue weighted by Gasteiger charge is -2.25. The topological polar surface area (TPSA) is 125 Å². The number of pyridine rings is 2. The number of amides is 2. The van der Waals surface area contributed by atoms with E-state index in [1.165, 1.54) is 19.0 Å². The molecule has 12 heteroatoms. The van der Waals surface area contributed by atoms with Crippen LogP contribution < -0.4 is 16.1 Å². The summed E-state index contributed by atoms with van der Waals surface area (Å²) in [5, 5.41) is 15.3. The van der Waals surface area contributed by atoms with Crippen LogP contribution in [0.2, 0.25) is 0 Å². The van der Waals surface area contributed by atoms with E-state index in [-0.39, 0.29) is 17.8 Å². The summed E-state index contributed by atoms with van der Waals surface area (Å²) in [6.07, 6.45) is 0.118. The number of nitrogens with one attached hydrogen (secondary N) is 3. The Kier molecular flexibility index (Phi) is 6.80. The predicted octanol–water partition coefficient (Wildman–Crippen LogP) is 2.94. The first-order valence-electron chi connectivity index (χ1n) is 10.6. The van der Waals surface area contributed by atoms with Crippen molar-refractivity contribution < 1.29 is 32.7 Å². The Morgan fingerprint density at radius 2 is 1.97 bits per heavy atom. The van der Waals surface area contributed by atoms with Crippen LogP contribution in [0.1, 0.15) is 42.1 Å². The number of aromatic nitrogens is 2. The molecule has 1 atom stereocenters. The molecule has 1 aliphatic carbocycles. The Balaban J connectivity index is 1.35. The molecule has 0 saturated heterocycles. The van der Waals surface area contributed by atoms with Crippen LogP contribution in [0.15, 0.2) is 48.0 Å². The third-order valence-corrected chi connectivity index (χ3v) is 5.39. The lowest BCUT2D eigenvalue weighted by molar-refractivity contribution is -0.141. The maximum absolute atomic E-state index is 12.7. The molecular weight excluding hydrogens is 455 g/mol. The molecule has 2 aromatic rings. The van der Waals surface area contributed by atoms with Crippen LogP contribution in [0.3, 0.4) is 0 Å². The number of hydrogen-bond donors (Lipinski definition) is 4. The average molecular weight is 477 g/mol. The molecule has 4 N–H and O–H groups in total. The summed E-state index contributed by atoms with van der Waals surface area (Å²) in [7, 11) is 0. The molecule has 34 heavy (non-hydrogen) atoms. The fourth-order valence-corrected chi connectivity index (χ4v) is 3.30. The quantitative estimate of drug-likeness (QED) is 0.262. The number of hydroxylamine groups is 1. The molecule has 2 aliphatic rings. The number of rotatable bonds is 8. The van der Waals surface area contributed by atoms with Crippen LogP contribution >= 0.6 is 0 Å². The summed E-state index contributed by atoms with van der Waals surface area (Å²) >= 11 is 0. The third kappa shape index (κ3) is 5.88. The van der Waals surface area contributed by atoms with E-state index in [4.69, 9.17) is 4.84 Å². The van der Waals surface area contributed by atoms with Crippen LogP contribution in [-0.4, -0.2) is 33.5 Å². The molecule has 0 unspecified atom stereocenters. The van der Waals surface area contributed by atoms with Crippen LogP contribution in [-0.2, 0) is 27.1 Å². The summed E-state index contributed by atoms with van der Waals surface area (Å²) < 4.78 is 38.1. The number of carbonyl (C=O) groups excluding carboxylic acids is 2. The van der Waals surface area contributed by atoms with Gasteiger partial charge in [-0.15, -0.1) is 0 Å². The number of aliphatic hydroxyl groups is 1. The van der Waals surface area contributed by atoms with Crippen molar-refractivity contribution in [3.05, 3.63) is 64.8 Å². The first kappa shape index (κ1) is 23.6. The number of halogens is 3. The highest BCUT2D eigenvalue weighted by Crippen LogP contribution is 2.31. The molecule has 0 aromatic carbocycles. The van der Waals surface area contributed by atoms with Gasteiger partial charge in [0.05, 0.1) is 12.6 Å². The molecule has 0 bridgehead atoms. The van der Waals surface area contributed by atoms with E-state index in [1.54, 1.807) is 12.1 Å². The zero-order chi connectivity index (χ0) is 24.3. The number of alkyl halides is 3. The standard InChI is InChI=1S/C22H22F3N5O4/c23-22(24,25)17-5-4-14(10-26-17)15-7-16(31)19(20(32)29-15)21(33)30-18-6-3-13(8-27-18)9-28-34-11-12-1-2-12/h3-6,8,10,12,15,28,31H,1-2,7,9,11H2,(H,29,32)(H,27,30,33)/t15-/m0/s1. The second-order valence-corrected chi connectivity index (χ2v) is 8.11. The molecule has 2 aromatic heterocycles. The predicted molar refractivity (Wildman–Crippen MR) is 113 cm³/mol. The normalized spacial score (nSPS) is 18.6. The number of carbonyl (C=O) groups is 2. The fourth-order valence-electron chi connectivity index (χ4n) is 3.30. The molecule has 4 rings (SSSR count). The second kappa shape index (κ2) is 9.77. The smallest absolute Gasteiger partial charge is 0.433 e. The van der Waals surface area contributed by atoms with Crippen LogP contribution in [0.25, 0.3) is 0 Å². The number of nitrogens with zero attached hydrogens (tertiary/aromatic N) is 2. The molecule has 3 heterocycles. The van der Waals surface area contributed by atoms with Gasteiger partial charge in [0.15, 0.2) is 0 Å². The van der Waals surface area contributed by atoms with E-state index >= 15 is 0 Å². The van der Waals surface area contributed by atoms with Gasteiger partial charge in [-0.05, 0) is 42.0 Å². The van der Waals surface area contributed by atoms with Gasteiger partial charge in [-0.25, -0.2) is 4.98 Å². The van der Waals surface area contributed by atoms with Gasteiger partial charge in [-0.1, -0.05) is 12.1 Å². The summed E-state index contributed by atoms with van der Waals surface area (Å²) in [6, 6.07) is 4.39. The SMILES string of the molecule is O=C(Nc1ccc(CNOCC2CC2)cn1)C1=C(O)C[C@@H](c2ccc(C(F)(F)F)nc2)NC1=O. The van der Waals surface area contributed by atoms with E-state index in [2.05, 4.69) is 26.1 Å². The monoisotopic (exact) mass is 477 g/mol. The van der Waals surface area contributed by atoms with Crippen molar-refractivity contribution >= 4 is 17.6 Å². The van der Waals surface area contributed by atoms with E-state index < -0.39 is 41.1 Å². The van der Waals surface area contributed by atoms with Crippen LogP contribution in [0.4, 0.5) is 19.0 Å². The van der Waals surface area contributed by atoms with Crippen molar-refractivity contribution in [1.82, 2.24) is 20.8 Å². The molecule has 1 aliphatic heterocycles. The fraction of sp³-hybridized carbons (Fsp3) is 0.364. The summed E-state index contributed by atoms with van der Waals surface area (Å²) in [6.45, 7) is 1.10. The van der Waals surface area contributed by atoms with Gasteiger partial charge in [0.2, 0.25) is 0 Å². The molecule has 9 nitrogen and oxygen atoms in total. The molecular formula is C22H22F3N5O4. The Labute approximate surface area is 192 Å². The minimum atomic E-state index is -4.59. The van der Waals surface area contributed by atoms with Gasteiger partial charge in [0.25, 0.3) is 11.8 Å². The van der Waals surface area contributed by atoms with Crippen molar-refractivity contribution in [2.75, 3.05) is 11.9 Å². The van der Waals surface area contributed by atoms with E-state index in [1.807, 2.05) is 0 Å². The molecule has 1 fully saturated rings. The maximum Gasteiger partial charge on any atom is 0.433 e. The van der Waals surface area contributed by atoms with Crippen LogP contribution in [0, 0.1) is 5.92 Å².